The summed E-state index contributed by atoms with van der Waals surface area (Å²) in [7, 11) is 0. The molecule has 3 aliphatic heterocycles. The molecule has 3 aliphatic rings. The molecule has 2 atom stereocenters. The molecule has 0 aliphatic carbocycles. The van der Waals surface area contributed by atoms with Crippen LogP contribution in [0.15, 0.2) is 53.5 Å². The minimum Gasteiger partial charge on any atom is -0.460 e. The largest absolute Gasteiger partial charge is 0.460 e. The Morgan fingerprint density at radius 3 is 2.64 bits per heavy atom. The number of fused-ring (bicyclic) bond motifs is 1. The standard InChI is InChI=1S/C23H26FN3O/c24-19-7-5-18(6-8-19)22-20-4-2-1-3-16(20)11-14-27(22)23-26-15-21(28-23)17-9-12-25-13-10-17/h1-8,17,21-22,25H,9-15H2/t21-,22+/m1/s1. The zero-order valence-electron chi connectivity index (χ0n) is 16.0. The van der Waals surface area contributed by atoms with Gasteiger partial charge < -0.3 is 15.0 Å². The van der Waals surface area contributed by atoms with E-state index in [9.17, 15) is 4.39 Å². The van der Waals surface area contributed by atoms with E-state index in [1.807, 2.05) is 12.1 Å². The number of nitrogens with one attached hydrogen (secondary N) is 1. The molecule has 2 aromatic carbocycles. The minimum absolute atomic E-state index is 0.0103. The molecule has 0 spiro atoms. The van der Waals surface area contributed by atoms with Crippen LogP contribution in [0.3, 0.4) is 0 Å². The molecule has 1 saturated heterocycles. The van der Waals surface area contributed by atoms with Gasteiger partial charge in [0.1, 0.15) is 11.9 Å². The Kier molecular flexibility index (Phi) is 4.77. The lowest BCUT2D eigenvalue weighted by atomic mass is 9.88. The van der Waals surface area contributed by atoms with Crippen molar-refractivity contribution < 1.29 is 9.13 Å². The number of amidine groups is 1. The van der Waals surface area contributed by atoms with Crippen LogP contribution in [-0.4, -0.2) is 43.2 Å². The summed E-state index contributed by atoms with van der Waals surface area (Å²) in [5.41, 5.74) is 3.68. The maximum atomic E-state index is 13.5. The van der Waals surface area contributed by atoms with Gasteiger partial charge in [-0.3, -0.25) is 0 Å². The molecule has 0 amide bonds. The first-order valence-corrected chi connectivity index (χ1v) is 10.3. The Balaban J connectivity index is 1.44. The number of benzene rings is 2. The number of piperidine rings is 1. The Morgan fingerprint density at radius 1 is 1.04 bits per heavy atom. The Morgan fingerprint density at radius 2 is 1.82 bits per heavy atom. The summed E-state index contributed by atoms with van der Waals surface area (Å²) in [4.78, 5) is 7.08. The summed E-state index contributed by atoms with van der Waals surface area (Å²) in [6.07, 6.45) is 3.45. The lowest BCUT2D eigenvalue weighted by molar-refractivity contribution is 0.102. The van der Waals surface area contributed by atoms with Crippen molar-refractivity contribution in [1.82, 2.24) is 10.2 Å². The number of hydrogen-bond acceptors (Lipinski definition) is 4. The van der Waals surface area contributed by atoms with Crippen LogP contribution < -0.4 is 5.32 Å². The van der Waals surface area contributed by atoms with E-state index in [-0.39, 0.29) is 18.0 Å². The first-order valence-electron chi connectivity index (χ1n) is 10.3. The molecule has 5 heteroatoms. The van der Waals surface area contributed by atoms with Crippen molar-refractivity contribution in [2.45, 2.75) is 31.4 Å². The number of nitrogens with zero attached hydrogens (tertiary/aromatic N) is 2. The second-order valence-electron chi connectivity index (χ2n) is 7.96. The quantitative estimate of drug-likeness (QED) is 0.867. The van der Waals surface area contributed by atoms with E-state index in [0.29, 0.717) is 5.92 Å². The summed E-state index contributed by atoms with van der Waals surface area (Å²) >= 11 is 0. The van der Waals surface area contributed by atoms with Crippen molar-refractivity contribution in [3.8, 4) is 0 Å². The third kappa shape index (κ3) is 3.28. The van der Waals surface area contributed by atoms with Crippen LogP contribution in [0, 0.1) is 11.7 Å². The molecule has 1 N–H and O–H groups in total. The number of rotatable bonds is 2. The fourth-order valence-corrected chi connectivity index (χ4v) is 4.78. The molecule has 146 valence electrons. The minimum atomic E-state index is -0.208. The van der Waals surface area contributed by atoms with Gasteiger partial charge in [0.15, 0.2) is 0 Å². The highest BCUT2D eigenvalue weighted by atomic mass is 19.1. The Bertz CT molecular complexity index is 860. The first kappa shape index (κ1) is 17.7. The average Bonchev–Trinajstić information content (AvgIpc) is 3.24. The van der Waals surface area contributed by atoms with Crippen LogP contribution in [0.5, 0.6) is 0 Å². The highest BCUT2D eigenvalue weighted by Gasteiger charge is 2.37. The molecule has 3 heterocycles. The van der Waals surface area contributed by atoms with Crippen LogP contribution in [-0.2, 0) is 11.2 Å². The lowest BCUT2D eigenvalue weighted by Crippen LogP contribution is -2.42. The van der Waals surface area contributed by atoms with Crippen molar-refractivity contribution in [2.75, 3.05) is 26.2 Å². The predicted molar refractivity (Wildman–Crippen MR) is 108 cm³/mol. The maximum Gasteiger partial charge on any atom is 0.288 e. The first-order chi connectivity index (χ1) is 13.8. The van der Waals surface area contributed by atoms with E-state index < -0.39 is 0 Å². The van der Waals surface area contributed by atoms with Gasteiger partial charge in [0.05, 0.1) is 12.6 Å². The highest BCUT2D eigenvalue weighted by Crippen LogP contribution is 2.37. The number of hydrogen-bond donors (Lipinski definition) is 1. The lowest BCUT2D eigenvalue weighted by Gasteiger charge is -2.39. The zero-order valence-corrected chi connectivity index (χ0v) is 16.0. The van der Waals surface area contributed by atoms with Crippen molar-refractivity contribution in [2.24, 2.45) is 10.9 Å². The molecule has 0 radical (unpaired) electrons. The van der Waals surface area contributed by atoms with Crippen LogP contribution in [0.2, 0.25) is 0 Å². The van der Waals surface area contributed by atoms with Gasteiger partial charge in [-0.2, -0.15) is 0 Å². The van der Waals surface area contributed by atoms with E-state index in [1.54, 1.807) is 12.1 Å². The van der Waals surface area contributed by atoms with Crippen LogP contribution in [0.25, 0.3) is 0 Å². The predicted octanol–water partition coefficient (Wildman–Crippen LogP) is 3.53. The van der Waals surface area contributed by atoms with E-state index in [0.717, 1.165) is 57.0 Å². The monoisotopic (exact) mass is 379 g/mol. The normalized spacial score (nSPS) is 25.2. The highest BCUT2D eigenvalue weighted by molar-refractivity contribution is 5.77. The molecule has 0 unspecified atom stereocenters. The van der Waals surface area contributed by atoms with Crippen LogP contribution in [0.1, 0.15) is 35.6 Å². The molecule has 1 fully saturated rings. The van der Waals surface area contributed by atoms with E-state index in [2.05, 4.69) is 34.5 Å². The van der Waals surface area contributed by atoms with Gasteiger partial charge in [0, 0.05) is 12.5 Å². The Labute approximate surface area is 165 Å². The molecular formula is C23H26FN3O. The third-order valence-corrected chi connectivity index (χ3v) is 6.29. The van der Waals surface area contributed by atoms with Crippen molar-refractivity contribution in [3.05, 3.63) is 71.0 Å². The molecule has 2 aromatic rings. The van der Waals surface area contributed by atoms with Crippen molar-refractivity contribution in [1.29, 1.82) is 0 Å². The van der Waals surface area contributed by atoms with Crippen molar-refractivity contribution >= 4 is 6.02 Å². The Hall–Kier alpha value is -2.40. The summed E-state index contributed by atoms with van der Waals surface area (Å²) in [6, 6.07) is 16.2. The van der Waals surface area contributed by atoms with Crippen LogP contribution in [0.4, 0.5) is 4.39 Å². The summed E-state index contributed by atoms with van der Waals surface area (Å²) in [5.74, 6) is 0.365. The number of halogens is 1. The summed E-state index contributed by atoms with van der Waals surface area (Å²) in [6.45, 7) is 3.73. The fourth-order valence-electron chi connectivity index (χ4n) is 4.78. The van der Waals surface area contributed by atoms with Gasteiger partial charge in [-0.05, 0) is 61.2 Å². The third-order valence-electron chi connectivity index (χ3n) is 6.29. The molecular weight excluding hydrogens is 353 g/mol. The van der Waals surface area contributed by atoms with E-state index in [4.69, 9.17) is 9.73 Å². The van der Waals surface area contributed by atoms with Gasteiger partial charge in [-0.25, -0.2) is 9.38 Å². The summed E-state index contributed by atoms with van der Waals surface area (Å²) < 4.78 is 19.9. The van der Waals surface area contributed by atoms with Gasteiger partial charge >= 0.3 is 0 Å². The summed E-state index contributed by atoms with van der Waals surface area (Å²) in [5, 5.41) is 3.42. The van der Waals surface area contributed by atoms with Crippen LogP contribution >= 0.6 is 0 Å². The van der Waals surface area contributed by atoms with E-state index >= 15 is 0 Å². The number of aliphatic imine (C=N–C) groups is 1. The molecule has 0 saturated carbocycles. The second-order valence-corrected chi connectivity index (χ2v) is 7.96. The topological polar surface area (TPSA) is 36.9 Å². The van der Waals surface area contributed by atoms with Crippen molar-refractivity contribution in [3.63, 3.8) is 0 Å². The molecule has 5 rings (SSSR count). The fraction of sp³-hybridized carbons (Fsp3) is 0.435. The SMILES string of the molecule is Fc1ccc([C@H]2c3ccccc3CCN2C2=NC[C@H](C3CCNCC3)O2)cc1. The van der Waals surface area contributed by atoms with Gasteiger partial charge in [-0.1, -0.05) is 36.4 Å². The molecule has 4 nitrogen and oxygen atoms in total. The van der Waals surface area contributed by atoms with Gasteiger partial charge in [-0.15, -0.1) is 0 Å². The number of ether oxygens (including phenoxy) is 1. The second kappa shape index (κ2) is 7.55. The molecule has 0 aromatic heterocycles. The smallest absolute Gasteiger partial charge is 0.288 e. The van der Waals surface area contributed by atoms with Gasteiger partial charge in [0.25, 0.3) is 6.02 Å². The maximum absolute atomic E-state index is 13.5. The molecule has 28 heavy (non-hydrogen) atoms. The average molecular weight is 379 g/mol. The molecule has 0 bridgehead atoms. The van der Waals surface area contributed by atoms with E-state index in [1.165, 1.54) is 11.1 Å². The van der Waals surface area contributed by atoms with Gasteiger partial charge in [0.2, 0.25) is 0 Å². The zero-order chi connectivity index (χ0) is 18.9.